The molecule has 0 spiro atoms. The Morgan fingerprint density at radius 2 is 1.50 bits per heavy atom. The van der Waals surface area contributed by atoms with Crippen LogP contribution in [-0.2, 0) is 4.74 Å². The Kier molecular flexibility index (Phi) is 7.58. The molecule has 0 aliphatic rings. The van der Waals surface area contributed by atoms with Gasteiger partial charge in [0.15, 0.2) is 0 Å². The summed E-state index contributed by atoms with van der Waals surface area (Å²) < 4.78 is 5.47. The van der Waals surface area contributed by atoms with E-state index < -0.39 is 0 Å². The van der Waals surface area contributed by atoms with Crippen LogP contribution in [0.15, 0.2) is 0 Å². The normalized spacial score (nSPS) is 13.8. The Morgan fingerprint density at radius 1 is 1.00 bits per heavy atom. The molecule has 0 aromatic carbocycles. The van der Waals surface area contributed by atoms with Crippen molar-refractivity contribution in [3.05, 3.63) is 0 Å². The molecule has 0 aliphatic heterocycles. The average molecular weight is 172 g/mol. The Balaban J connectivity index is 3.86. The first kappa shape index (κ1) is 12.0. The highest BCUT2D eigenvalue weighted by molar-refractivity contribution is 4.68. The predicted molar refractivity (Wildman–Crippen MR) is 54.4 cm³/mol. The molecule has 74 valence electrons. The maximum Gasteiger partial charge on any atom is 0.0596 e. The van der Waals surface area contributed by atoms with Crippen molar-refractivity contribution in [2.45, 2.75) is 59.0 Å². The molecule has 0 saturated carbocycles. The van der Waals surface area contributed by atoms with Crippen LogP contribution < -0.4 is 0 Å². The third kappa shape index (κ3) is 4.10. The highest BCUT2D eigenvalue weighted by Gasteiger charge is 2.17. The van der Waals surface area contributed by atoms with E-state index in [2.05, 4.69) is 20.8 Å². The van der Waals surface area contributed by atoms with Crippen molar-refractivity contribution >= 4 is 0 Å². The fourth-order valence-electron chi connectivity index (χ4n) is 1.95. The number of methoxy groups -OCH3 is 1. The molecule has 1 unspecified atom stereocenters. The lowest BCUT2D eigenvalue weighted by Gasteiger charge is -2.24. The predicted octanol–water partition coefficient (Wildman–Crippen LogP) is 3.63. The van der Waals surface area contributed by atoms with Crippen molar-refractivity contribution < 1.29 is 4.74 Å². The lowest BCUT2D eigenvalue weighted by Crippen LogP contribution is -2.21. The molecule has 0 rings (SSSR count). The molecule has 0 saturated heterocycles. The molecule has 0 aromatic heterocycles. The smallest absolute Gasteiger partial charge is 0.0596 e. The molecule has 1 atom stereocenters. The second-order valence-electron chi connectivity index (χ2n) is 3.52. The first-order valence-electron chi connectivity index (χ1n) is 5.32. The minimum absolute atomic E-state index is 0.491. The lowest BCUT2D eigenvalue weighted by molar-refractivity contribution is 0.0414. The highest BCUT2D eigenvalue weighted by Crippen LogP contribution is 2.21. The van der Waals surface area contributed by atoms with Gasteiger partial charge in [0, 0.05) is 7.11 Å². The fourth-order valence-corrected chi connectivity index (χ4v) is 1.95. The summed E-state index contributed by atoms with van der Waals surface area (Å²) in [6, 6.07) is 0. The maximum absolute atomic E-state index is 5.47. The number of ether oxygens (including phenoxy) is 1. The van der Waals surface area contributed by atoms with Gasteiger partial charge in [-0.2, -0.15) is 0 Å². The second kappa shape index (κ2) is 7.60. The van der Waals surface area contributed by atoms with Gasteiger partial charge in [0.05, 0.1) is 6.10 Å². The zero-order chi connectivity index (χ0) is 9.40. The van der Waals surface area contributed by atoms with Crippen LogP contribution in [0.1, 0.15) is 52.9 Å². The van der Waals surface area contributed by atoms with E-state index in [9.17, 15) is 0 Å². The summed E-state index contributed by atoms with van der Waals surface area (Å²) in [6.45, 7) is 6.72. The molecule has 0 aliphatic carbocycles. The number of hydrogen-bond acceptors (Lipinski definition) is 1. The van der Waals surface area contributed by atoms with Crippen molar-refractivity contribution in [1.82, 2.24) is 0 Å². The topological polar surface area (TPSA) is 9.23 Å². The molecule has 0 radical (unpaired) electrons. The van der Waals surface area contributed by atoms with Gasteiger partial charge >= 0.3 is 0 Å². The van der Waals surface area contributed by atoms with Gasteiger partial charge < -0.3 is 4.74 Å². The summed E-state index contributed by atoms with van der Waals surface area (Å²) in [5.74, 6) is 0.787. The van der Waals surface area contributed by atoms with Crippen LogP contribution in [0, 0.1) is 5.92 Å². The van der Waals surface area contributed by atoms with E-state index in [1.165, 1.54) is 25.7 Å². The third-order valence-electron chi connectivity index (χ3n) is 2.55. The summed E-state index contributed by atoms with van der Waals surface area (Å²) >= 11 is 0. The molecule has 0 fully saturated rings. The van der Waals surface area contributed by atoms with Gasteiger partial charge in [0.25, 0.3) is 0 Å². The van der Waals surface area contributed by atoms with Crippen molar-refractivity contribution in [2.75, 3.05) is 7.11 Å². The summed E-state index contributed by atoms with van der Waals surface area (Å²) in [5, 5.41) is 0. The lowest BCUT2D eigenvalue weighted by atomic mass is 9.91. The monoisotopic (exact) mass is 172 g/mol. The Labute approximate surface area is 77.5 Å². The van der Waals surface area contributed by atoms with Crippen LogP contribution in [0.25, 0.3) is 0 Å². The van der Waals surface area contributed by atoms with Crippen LogP contribution in [0.4, 0.5) is 0 Å². The molecule has 0 bridgehead atoms. The number of hydrogen-bond donors (Lipinski definition) is 0. The van der Waals surface area contributed by atoms with Gasteiger partial charge in [-0.05, 0) is 25.2 Å². The summed E-state index contributed by atoms with van der Waals surface area (Å²) in [6.07, 6.45) is 6.85. The molecule has 0 aromatic rings. The first-order valence-corrected chi connectivity index (χ1v) is 5.32. The fraction of sp³-hybridized carbons (Fsp3) is 1.00. The molecule has 12 heavy (non-hydrogen) atoms. The summed E-state index contributed by atoms with van der Waals surface area (Å²) in [7, 11) is 1.84. The minimum atomic E-state index is 0.491. The van der Waals surface area contributed by atoms with Crippen LogP contribution in [0.3, 0.4) is 0 Å². The van der Waals surface area contributed by atoms with E-state index in [-0.39, 0.29) is 0 Å². The molecule has 1 nitrogen and oxygen atoms in total. The van der Waals surface area contributed by atoms with Gasteiger partial charge in [-0.3, -0.25) is 0 Å². The van der Waals surface area contributed by atoms with Crippen molar-refractivity contribution in [2.24, 2.45) is 5.92 Å². The Hall–Kier alpha value is -0.0400. The zero-order valence-electron chi connectivity index (χ0n) is 9.10. The van der Waals surface area contributed by atoms with Crippen LogP contribution in [-0.4, -0.2) is 13.2 Å². The second-order valence-corrected chi connectivity index (χ2v) is 3.52. The van der Waals surface area contributed by atoms with E-state index in [1.807, 2.05) is 7.11 Å². The quantitative estimate of drug-likeness (QED) is 0.570. The minimum Gasteiger partial charge on any atom is -0.381 e. The SMILES string of the molecule is CCCC(CCC)C(CC)OC. The van der Waals surface area contributed by atoms with Crippen LogP contribution in [0.2, 0.25) is 0 Å². The third-order valence-corrected chi connectivity index (χ3v) is 2.55. The summed E-state index contributed by atoms with van der Waals surface area (Å²) in [5.41, 5.74) is 0. The van der Waals surface area contributed by atoms with Crippen molar-refractivity contribution in [1.29, 1.82) is 0 Å². The molecular weight excluding hydrogens is 148 g/mol. The molecular formula is C11H24O. The van der Waals surface area contributed by atoms with E-state index in [4.69, 9.17) is 4.74 Å². The van der Waals surface area contributed by atoms with Crippen molar-refractivity contribution in [3.63, 3.8) is 0 Å². The maximum atomic E-state index is 5.47. The largest absolute Gasteiger partial charge is 0.381 e. The molecule has 1 heteroatoms. The van der Waals surface area contributed by atoms with Gasteiger partial charge in [-0.25, -0.2) is 0 Å². The molecule has 0 heterocycles. The Bertz CT molecular complexity index is 81.0. The first-order chi connectivity index (χ1) is 5.79. The van der Waals surface area contributed by atoms with Gasteiger partial charge in [-0.15, -0.1) is 0 Å². The zero-order valence-corrected chi connectivity index (χ0v) is 9.10. The Morgan fingerprint density at radius 3 is 1.75 bits per heavy atom. The van der Waals surface area contributed by atoms with Crippen LogP contribution >= 0.6 is 0 Å². The van der Waals surface area contributed by atoms with E-state index in [0.717, 1.165) is 12.3 Å². The van der Waals surface area contributed by atoms with Gasteiger partial charge in [-0.1, -0.05) is 33.6 Å². The number of rotatable bonds is 7. The van der Waals surface area contributed by atoms with Gasteiger partial charge in [0.2, 0.25) is 0 Å². The van der Waals surface area contributed by atoms with E-state index in [1.54, 1.807) is 0 Å². The average Bonchev–Trinajstić information content (AvgIpc) is 2.07. The summed E-state index contributed by atoms with van der Waals surface area (Å²) in [4.78, 5) is 0. The standard InChI is InChI=1S/C11H24O/c1-5-8-10(9-6-2)11(7-3)12-4/h10-11H,5-9H2,1-4H3. The molecule has 0 amide bonds. The molecule has 0 N–H and O–H groups in total. The van der Waals surface area contributed by atoms with Crippen molar-refractivity contribution in [3.8, 4) is 0 Å². The van der Waals surface area contributed by atoms with E-state index >= 15 is 0 Å². The van der Waals surface area contributed by atoms with Crippen LogP contribution in [0.5, 0.6) is 0 Å². The van der Waals surface area contributed by atoms with Gasteiger partial charge in [0.1, 0.15) is 0 Å². The highest BCUT2D eigenvalue weighted by atomic mass is 16.5. The van der Waals surface area contributed by atoms with E-state index in [0.29, 0.717) is 6.10 Å².